The Labute approximate surface area is 98.0 Å². The maximum absolute atomic E-state index is 12.8. The molecule has 0 spiro atoms. The summed E-state index contributed by atoms with van der Waals surface area (Å²) in [5.41, 5.74) is 0.807. The fourth-order valence-electron chi connectivity index (χ4n) is 1.52. The molecule has 17 heavy (non-hydrogen) atoms. The average Bonchev–Trinajstić information content (AvgIpc) is 2.57. The standard InChI is InChI=1S/C12H13F2NO2/c1-15-7-3-2-4-9-5-6-10-11(8-9)17-12(13,14)16-10/h2,4-6,8,15H,3,7H2,1H3. The van der Waals surface area contributed by atoms with Crippen LogP contribution in [0.3, 0.4) is 0 Å². The van der Waals surface area contributed by atoms with Crippen LogP contribution in [0.15, 0.2) is 24.3 Å². The van der Waals surface area contributed by atoms with Gasteiger partial charge in [0.15, 0.2) is 11.5 Å². The van der Waals surface area contributed by atoms with Crippen LogP contribution in [-0.4, -0.2) is 19.9 Å². The number of hydrogen-bond acceptors (Lipinski definition) is 3. The van der Waals surface area contributed by atoms with Gasteiger partial charge in [0, 0.05) is 0 Å². The molecule has 0 amide bonds. The summed E-state index contributed by atoms with van der Waals surface area (Å²) in [5, 5.41) is 3.01. The Morgan fingerprint density at radius 3 is 2.82 bits per heavy atom. The van der Waals surface area contributed by atoms with Gasteiger partial charge in [-0.1, -0.05) is 18.2 Å². The van der Waals surface area contributed by atoms with Crippen LogP contribution in [0, 0.1) is 0 Å². The third-order valence-electron chi connectivity index (χ3n) is 2.30. The van der Waals surface area contributed by atoms with E-state index >= 15 is 0 Å². The number of halogens is 2. The molecule has 1 aliphatic heterocycles. The number of ether oxygens (including phenoxy) is 2. The second-order valence-corrected chi connectivity index (χ2v) is 3.67. The molecule has 0 fully saturated rings. The van der Waals surface area contributed by atoms with Crippen molar-refractivity contribution in [3.8, 4) is 11.5 Å². The van der Waals surface area contributed by atoms with Crippen molar-refractivity contribution in [3.05, 3.63) is 29.8 Å². The van der Waals surface area contributed by atoms with E-state index in [2.05, 4.69) is 14.8 Å². The highest BCUT2D eigenvalue weighted by Gasteiger charge is 2.43. The summed E-state index contributed by atoms with van der Waals surface area (Å²) in [5.74, 6) is 0.146. The molecule has 3 nitrogen and oxygen atoms in total. The van der Waals surface area contributed by atoms with Gasteiger partial charge in [-0.25, -0.2) is 0 Å². The van der Waals surface area contributed by atoms with E-state index in [1.807, 2.05) is 19.2 Å². The van der Waals surface area contributed by atoms with E-state index in [-0.39, 0.29) is 11.5 Å². The van der Waals surface area contributed by atoms with Crippen molar-refractivity contribution in [2.24, 2.45) is 0 Å². The van der Waals surface area contributed by atoms with Gasteiger partial charge in [-0.2, -0.15) is 0 Å². The second-order valence-electron chi connectivity index (χ2n) is 3.67. The van der Waals surface area contributed by atoms with Gasteiger partial charge < -0.3 is 14.8 Å². The molecule has 0 radical (unpaired) electrons. The number of benzene rings is 1. The van der Waals surface area contributed by atoms with Gasteiger partial charge in [-0.3, -0.25) is 0 Å². The molecule has 0 saturated heterocycles. The first-order valence-electron chi connectivity index (χ1n) is 5.32. The van der Waals surface area contributed by atoms with E-state index in [4.69, 9.17) is 0 Å². The van der Waals surface area contributed by atoms with Gasteiger partial charge in [-0.15, -0.1) is 8.78 Å². The lowest BCUT2D eigenvalue weighted by atomic mass is 10.2. The summed E-state index contributed by atoms with van der Waals surface area (Å²) in [6.45, 7) is 0.874. The van der Waals surface area contributed by atoms with E-state index in [1.165, 1.54) is 12.1 Å². The Hall–Kier alpha value is -1.62. The van der Waals surface area contributed by atoms with Crippen LogP contribution in [0.25, 0.3) is 6.08 Å². The van der Waals surface area contributed by atoms with Crippen LogP contribution in [0.2, 0.25) is 0 Å². The van der Waals surface area contributed by atoms with Gasteiger partial charge in [0.1, 0.15) is 0 Å². The summed E-state index contributed by atoms with van der Waals surface area (Å²) in [6, 6.07) is 4.72. The molecule has 5 heteroatoms. The minimum absolute atomic E-state index is 0.0716. The largest absolute Gasteiger partial charge is 0.586 e. The van der Waals surface area contributed by atoms with Crippen LogP contribution >= 0.6 is 0 Å². The van der Waals surface area contributed by atoms with Crippen molar-refractivity contribution in [2.75, 3.05) is 13.6 Å². The van der Waals surface area contributed by atoms with Crippen LogP contribution in [0.5, 0.6) is 11.5 Å². The third-order valence-corrected chi connectivity index (χ3v) is 2.30. The first-order chi connectivity index (χ1) is 8.11. The predicted molar refractivity (Wildman–Crippen MR) is 60.2 cm³/mol. The number of hydrogen-bond donors (Lipinski definition) is 1. The lowest BCUT2D eigenvalue weighted by Gasteiger charge is -2.04. The van der Waals surface area contributed by atoms with Crippen molar-refractivity contribution in [2.45, 2.75) is 12.7 Å². The predicted octanol–water partition coefficient (Wildman–Crippen LogP) is 2.63. The molecule has 0 atom stereocenters. The van der Waals surface area contributed by atoms with E-state index in [0.717, 1.165) is 18.5 Å². The van der Waals surface area contributed by atoms with Crippen molar-refractivity contribution in [1.29, 1.82) is 0 Å². The normalized spacial score (nSPS) is 16.6. The molecule has 0 unspecified atom stereocenters. The Bertz CT molecular complexity index is 433. The summed E-state index contributed by atoms with van der Waals surface area (Å²) in [7, 11) is 1.87. The average molecular weight is 241 g/mol. The van der Waals surface area contributed by atoms with Gasteiger partial charge in [0.25, 0.3) is 0 Å². The second kappa shape index (κ2) is 4.71. The van der Waals surface area contributed by atoms with Crippen molar-refractivity contribution >= 4 is 6.08 Å². The van der Waals surface area contributed by atoms with Crippen molar-refractivity contribution < 1.29 is 18.3 Å². The van der Waals surface area contributed by atoms with E-state index in [1.54, 1.807) is 6.07 Å². The van der Waals surface area contributed by atoms with Gasteiger partial charge >= 0.3 is 6.29 Å². The zero-order valence-electron chi connectivity index (χ0n) is 9.37. The number of rotatable bonds is 4. The first kappa shape index (κ1) is 11.9. The maximum Gasteiger partial charge on any atom is 0.586 e. The van der Waals surface area contributed by atoms with Crippen molar-refractivity contribution in [3.63, 3.8) is 0 Å². The number of alkyl halides is 2. The monoisotopic (exact) mass is 241 g/mol. The Balaban J connectivity index is 2.06. The first-order valence-corrected chi connectivity index (χ1v) is 5.32. The lowest BCUT2D eigenvalue weighted by Crippen LogP contribution is -2.25. The summed E-state index contributed by atoms with van der Waals surface area (Å²) in [6.07, 6.45) is 1.15. The smallest absolute Gasteiger partial charge is 0.395 e. The minimum Gasteiger partial charge on any atom is -0.395 e. The van der Waals surface area contributed by atoms with Crippen LogP contribution < -0.4 is 14.8 Å². The lowest BCUT2D eigenvalue weighted by molar-refractivity contribution is -0.286. The van der Waals surface area contributed by atoms with Crippen LogP contribution in [-0.2, 0) is 0 Å². The molecule has 92 valence electrons. The molecule has 1 aliphatic rings. The number of fused-ring (bicyclic) bond motifs is 1. The molecule has 2 rings (SSSR count). The Morgan fingerprint density at radius 2 is 2.06 bits per heavy atom. The zero-order valence-corrected chi connectivity index (χ0v) is 9.37. The highest BCUT2D eigenvalue weighted by Crippen LogP contribution is 2.41. The van der Waals surface area contributed by atoms with E-state index < -0.39 is 6.29 Å². The molecule has 1 N–H and O–H groups in total. The fraction of sp³-hybridized carbons (Fsp3) is 0.333. The topological polar surface area (TPSA) is 30.5 Å². The SMILES string of the molecule is CNCCC=Cc1ccc2c(c1)OC(F)(F)O2. The molecule has 1 heterocycles. The zero-order chi connectivity index (χ0) is 12.3. The maximum atomic E-state index is 12.8. The van der Waals surface area contributed by atoms with Crippen LogP contribution in [0.1, 0.15) is 12.0 Å². The van der Waals surface area contributed by atoms with Gasteiger partial charge in [0.05, 0.1) is 0 Å². The van der Waals surface area contributed by atoms with Crippen molar-refractivity contribution in [1.82, 2.24) is 5.32 Å². The molecular formula is C12H13F2NO2. The summed E-state index contributed by atoms with van der Waals surface area (Å²) >= 11 is 0. The molecule has 0 saturated carbocycles. The summed E-state index contributed by atoms with van der Waals surface area (Å²) < 4.78 is 34.2. The molecule has 1 aromatic carbocycles. The molecule has 0 bridgehead atoms. The minimum atomic E-state index is -3.54. The quantitative estimate of drug-likeness (QED) is 0.822. The third kappa shape index (κ3) is 2.94. The molecule has 0 aromatic heterocycles. The molecular weight excluding hydrogens is 228 g/mol. The number of nitrogens with one attached hydrogen (secondary N) is 1. The molecule has 1 aromatic rings. The van der Waals surface area contributed by atoms with E-state index in [9.17, 15) is 8.78 Å². The van der Waals surface area contributed by atoms with Crippen LogP contribution in [0.4, 0.5) is 8.78 Å². The van der Waals surface area contributed by atoms with E-state index in [0.29, 0.717) is 0 Å². The Morgan fingerprint density at radius 1 is 1.29 bits per heavy atom. The highest BCUT2D eigenvalue weighted by molar-refractivity contribution is 5.56. The highest BCUT2D eigenvalue weighted by atomic mass is 19.3. The Kier molecular flexibility index (Phi) is 3.28. The van der Waals surface area contributed by atoms with Gasteiger partial charge in [0.2, 0.25) is 0 Å². The molecule has 0 aliphatic carbocycles. The fourth-order valence-corrected chi connectivity index (χ4v) is 1.52. The summed E-state index contributed by atoms with van der Waals surface area (Å²) in [4.78, 5) is 0. The van der Waals surface area contributed by atoms with Gasteiger partial charge in [-0.05, 0) is 37.7 Å².